The molecule has 0 bridgehead atoms. The van der Waals surface area contributed by atoms with E-state index < -0.39 is 0 Å². The summed E-state index contributed by atoms with van der Waals surface area (Å²) in [5.41, 5.74) is 4.76. The topological polar surface area (TPSA) is 84.0 Å². The van der Waals surface area contributed by atoms with Crippen molar-refractivity contribution in [3.8, 4) is 11.1 Å². The molecule has 1 N–H and O–H groups in total. The molecule has 0 aliphatic rings. The highest BCUT2D eigenvalue weighted by Crippen LogP contribution is 2.29. The molecule has 5 aromatic rings. The van der Waals surface area contributed by atoms with Gasteiger partial charge in [-0.1, -0.05) is 18.2 Å². The lowest BCUT2D eigenvalue weighted by atomic mass is 10.0. The number of H-pyrrole nitrogens is 1. The van der Waals surface area contributed by atoms with Crippen LogP contribution in [0, 0.1) is 0 Å². The molecule has 162 valence electrons. The third-order valence-corrected chi connectivity index (χ3v) is 5.45. The second-order valence-corrected chi connectivity index (χ2v) is 7.52. The van der Waals surface area contributed by atoms with Crippen LogP contribution in [0.3, 0.4) is 0 Å². The van der Waals surface area contributed by atoms with E-state index in [1.807, 2.05) is 35.4 Å². The van der Waals surface area contributed by atoms with E-state index in [1.165, 1.54) is 7.11 Å². The number of nitrogens with one attached hydrogen (secondary N) is 1. The molecule has 0 saturated heterocycles. The fourth-order valence-electron chi connectivity index (χ4n) is 3.74. The quantitative estimate of drug-likeness (QED) is 0.372. The molecule has 2 aromatic carbocycles. The maximum absolute atomic E-state index is 11.8. The smallest absolute Gasteiger partial charge is 0.337 e. The van der Waals surface area contributed by atoms with Crippen molar-refractivity contribution in [1.82, 2.24) is 19.9 Å². The van der Waals surface area contributed by atoms with Crippen molar-refractivity contribution in [1.29, 1.82) is 0 Å². The highest BCUT2D eigenvalue weighted by Gasteiger charge is 2.15. The molecule has 0 aliphatic heterocycles. The number of carbonyl (C=O) groups excluding carboxylic acids is 1. The van der Waals surface area contributed by atoms with Crippen molar-refractivity contribution < 1.29 is 9.53 Å². The van der Waals surface area contributed by atoms with Gasteiger partial charge in [-0.3, -0.25) is 4.98 Å². The lowest BCUT2D eigenvalue weighted by Gasteiger charge is -2.23. The fraction of sp³-hybridized carbons (Fsp3) is 0.0769. The van der Waals surface area contributed by atoms with E-state index in [-0.39, 0.29) is 5.97 Å². The Morgan fingerprint density at radius 3 is 2.52 bits per heavy atom. The zero-order valence-corrected chi connectivity index (χ0v) is 18.0. The van der Waals surface area contributed by atoms with Crippen LogP contribution in [0.25, 0.3) is 22.0 Å². The number of carbonyl (C=O) groups is 1. The summed E-state index contributed by atoms with van der Waals surface area (Å²) >= 11 is 0. The van der Waals surface area contributed by atoms with Crippen molar-refractivity contribution in [2.75, 3.05) is 12.0 Å². The second-order valence-electron chi connectivity index (χ2n) is 7.52. The number of ether oxygens (including phenoxy) is 1. The molecule has 5 rings (SSSR count). The van der Waals surface area contributed by atoms with Crippen LogP contribution in [-0.4, -0.2) is 33.0 Å². The predicted molar refractivity (Wildman–Crippen MR) is 127 cm³/mol. The predicted octanol–water partition coefficient (Wildman–Crippen LogP) is 5.14. The number of rotatable bonds is 6. The number of hydrogen-bond acceptors (Lipinski definition) is 6. The van der Waals surface area contributed by atoms with E-state index in [9.17, 15) is 4.79 Å². The van der Waals surface area contributed by atoms with Crippen molar-refractivity contribution in [2.45, 2.75) is 6.54 Å². The molecule has 7 heteroatoms. The number of methoxy groups -OCH3 is 1. The van der Waals surface area contributed by atoms with E-state index in [1.54, 1.807) is 36.9 Å². The van der Waals surface area contributed by atoms with Gasteiger partial charge in [-0.15, -0.1) is 0 Å². The molecule has 7 nitrogen and oxygen atoms in total. The largest absolute Gasteiger partial charge is 0.465 e. The first-order valence-electron chi connectivity index (χ1n) is 10.5. The summed E-state index contributed by atoms with van der Waals surface area (Å²) in [5, 5.41) is 1.15. The number of benzene rings is 2. The Bertz CT molecular complexity index is 1400. The third-order valence-electron chi connectivity index (χ3n) is 5.45. The second kappa shape index (κ2) is 8.92. The average molecular weight is 435 g/mol. The van der Waals surface area contributed by atoms with Gasteiger partial charge in [0, 0.05) is 30.3 Å². The van der Waals surface area contributed by atoms with Crippen molar-refractivity contribution in [2.24, 2.45) is 0 Å². The molecule has 0 aliphatic carbocycles. The van der Waals surface area contributed by atoms with Gasteiger partial charge < -0.3 is 14.6 Å². The average Bonchev–Trinajstić information content (AvgIpc) is 3.36. The van der Waals surface area contributed by atoms with Gasteiger partial charge in [0.15, 0.2) is 5.82 Å². The Balaban J connectivity index is 1.50. The van der Waals surface area contributed by atoms with Crippen LogP contribution < -0.4 is 4.90 Å². The van der Waals surface area contributed by atoms with Crippen LogP contribution in [0.5, 0.6) is 0 Å². The molecule has 0 fully saturated rings. The van der Waals surface area contributed by atoms with E-state index >= 15 is 0 Å². The van der Waals surface area contributed by atoms with E-state index in [0.29, 0.717) is 17.9 Å². The number of fused-ring (bicyclic) bond motifs is 1. The zero-order chi connectivity index (χ0) is 22.6. The summed E-state index contributed by atoms with van der Waals surface area (Å²) in [6.07, 6.45) is 8.75. The minimum atomic E-state index is -0.360. The Morgan fingerprint density at radius 2 is 1.73 bits per heavy atom. The minimum absolute atomic E-state index is 0.360. The lowest BCUT2D eigenvalue weighted by molar-refractivity contribution is 0.0600. The minimum Gasteiger partial charge on any atom is -0.465 e. The number of pyridine rings is 1. The molecular formula is C26H21N5O2. The first-order chi connectivity index (χ1) is 16.2. The Hall–Kier alpha value is -4.52. The highest BCUT2D eigenvalue weighted by atomic mass is 16.5. The van der Waals surface area contributed by atoms with E-state index in [4.69, 9.17) is 4.74 Å². The molecule has 0 spiro atoms. The maximum atomic E-state index is 11.8. The van der Waals surface area contributed by atoms with Gasteiger partial charge in [0.05, 0.1) is 25.4 Å². The molecule has 3 aromatic heterocycles. The zero-order valence-electron chi connectivity index (χ0n) is 18.0. The fourth-order valence-corrected chi connectivity index (χ4v) is 3.74. The van der Waals surface area contributed by atoms with E-state index in [0.717, 1.165) is 33.4 Å². The molecule has 0 atom stereocenters. The van der Waals surface area contributed by atoms with Crippen LogP contribution in [0.1, 0.15) is 15.9 Å². The number of aromatic amines is 1. The lowest BCUT2D eigenvalue weighted by Crippen LogP contribution is -2.19. The van der Waals surface area contributed by atoms with Gasteiger partial charge in [-0.2, -0.15) is 0 Å². The summed E-state index contributed by atoms with van der Waals surface area (Å²) in [6, 6.07) is 19.7. The summed E-state index contributed by atoms with van der Waals surface area (Å²) in [6.45, 7) is 0.507. The Kier molecular flexibility index (Phi) is 5.51. The third kappa shape index (κ3) is 4.29. The first-order valence-corrected chi connectivity index (χ1v) is 10.5. The summed E-state index contributed by atoms with van der Waals surface area (Å²) in [4.78, 5) is 30.3. The van der Waals surface area contributed by atoms with Crippen molar-refractivity contribution >= 4 is 28.5 Å². The molecular weight excluding hydrogens is 414 g/mol. The number of hydrogen-bond donors (Lipinski definition) is 1. The van der Waals surface area contributed by atoms with Gasteiger partial charge in [0.2, 0.25) is 0 Å². The molecule has 3 heterocycles. The summed E-state index contributed by atoms with van der Waals surface area (Å²) in [7, 11) is 1.37. The number of aromatic nitrogens is 4. The van der Waals surface area contributed by atoms with Crippen LogP contribution in [0.4, 0.5) is 11.6 Å². The van der Waals surface area contributed by atoms with Gasteiger partial charge in [-0.25, -0.2) is 14.8 Å². The Labute approximate surface area is 190 Å². The molecule has 33 heavy (non-hydrogen) atoms. The molecule has 0 radical (unpaired) electrons. The van der Waals surface area contributed by atoms with Crippen molar-refractivity contribution in [3.63, 3.8) is 0 Å². The van der Waals surface area contributed by atoms with Gasteiger partial charge in [-0.05, 0) is 64.5 Å². The Morgan fingerprint density at radius 1 is 0.909 bits per heavy atom. The first kappa shape index (κ1) is 20.4. The maximum Gasteiger partial charge on any atom is 0.337 e. The monoisotopic (exact) mass is 435 g/mol. The van der Waals surface area contributed by atoms with E-state index in [2.05, 4.69) is 44.2 Å². The SMILES string of the molecule is COC(=O)c1ccc(CN(c2cnccn2)c2cc(-c3ccc4[nH]ccc4c3)ccn2)cc1. The van der Waals surface area contributed by atoms with Gasteiger partial charge in [0.25, 0.3) is 0 Å². The standard InChI is InChI=1S/C26H21N5O2/c1-33-26(32)19-4-2-18(3-5-19)17-31(25-16-27-12-13-30-25)24-15-21(8-11-29-24)20-6-7-23-22(14-20)9-10-28-23/h2-16,28H,17H2,1H3. The summed E-state index contributed by atoms with van der Waals surface area (Å²) in [5.74, 6) is 1.07. The van der Waals surface area contributed by atoms with Crippen LogP contribution in [0.2, 0.25) is 0 Å². The van der Waals surface area contributed by atoms with Gasteiger partial charge >= 0.3 is 5.97 Å². The normalized spacial score (nSPS) is 10.8. The highest BCUT2D eigenvalue weighted by molar-refractivity contribution is 5.89. The molecule has 0 saturated carbocycles. The number of anilines is 2. The number of esters is 1. The molecule has 0 amide bonds. The van der Waals surface area contributed by atoms with Crippen LogP contribution >= 0.6 is 0 Å². The summed E-state index contributed by atoms with van der Waals surface area (Å²) < 4.78 is 4.79. The van der Waals surface area contributed by atoms with Crippen LogP contribution in [0.15, 0.2) is 91.6 Å². The van der Waals surface area contributed by atoms with Crippen LogP contribution in [-0.2, 0) is 11.3 Å². The molecule has 0 unspecified atom stereocenters. The number of nitrogens with zero attached hydrogens (tertiary/aromatic N) is 4. The van der Waals surface area contributed by atoms with Crippen molar-refractivity contribution in [3.05, 3.63) is 103 Å². The van der Waals surface area contributed by atoms with Gasteiger partial charge in [0.1, 0.15) is 5.82 Å².